The molecule has 376 valence electrons. The van der Waals surface area contributed by atoms with E-state index in [1.807, 2.05) is 0 Å². The van der Waals surface area contributed by atoms with E-state index in [1.54, 1.807) is 0 Å². The van der Waals surface area contributed by atoms with Crippen LogP contribution in [0.4, 0.5) is 0 Å². The van der Waals surface area contributed by atoms with Crippen molar-refractivity contribution < 1.29 is 32.8 Å². The number of phosphoric ester groups is 1. The highest BCUT2D eigenvalue weighted by atomic mass is 31.2. The summed E-state index contributed by atoms with van der Waals surface area (Å²) < 4.78 is 33.6. The minimum absolute atomic E-state index is 0.0890. The van der Waals surface area contributed by atoms with Gasteiger partial charge in [-0.05, 0) is 103 Å². The maximum atomic E-state index is 12.7. The molecular weight excluding hydrogens is 842 g/mol. The van der Waals surface area contributed by atoms with Gasteiger partial charge in [0.1, 0.15) is 6.10 Å². The third-order valence-electron chi connectivity index (χ3n) is 10.4. The largest absolute Gasteiger partial charge is 0.472 e. The Bertz CT molecular complexity index is 1420. The number of rotatable bonds is 48. The van der Waals surface area contributed by atoms with Gasteiger partial charge in [-0.1, -0.05) is 206 Å². The molecule has 0 aromatic rings. The predicted octanol–water partition coefficient (Wildman–Crippen LogP) is 16.5. The Morgan fingerprint density at radius 2 is 0.803 bits per heavy atom. The van der Waals surface area contributed by atoms with E-state index in [0.717, 1.165) is 109 Å². The molecule has 0 heterocycles. The molecule has 2 unspecified atom stereocenters. The van der Waals surface area contributed by atoms with Gasteiger partial charge in [-0.2, -0.15) is 0 Å². The monoisotopic (exact) mass is 938 g/mol. The van der Waals surface area contributed by atoms with Crippen LogP contribution >= 0.6 is 7.82 Å². The maximum Gasteiger partial charge on any atom is 0.472 e. The number of allylic oxidation sites excluding steroid dienone is 20. The standard InChI is InChI=1S/C57H96NO7P/c1-3-5-7-9-11-13-15-17-19-21-23-25-27-29-31-33-35-37-39-41-43-45-47-49-52-62-54-56(55-64-66(60,61)63-53-51-58)65-57(59)50-48-46-44-42-40-38-36-34-32-30-28-26-24-22-20-18-16-14-12-10-8-6-4-2/h5-8,11-14,17-20,23-26,29,31,35,37,56H,3-4,9-10,15-16,21-22,27-28,30,32-34,36,38-55,58H2,1-2H3,(H,60,61)/b7-5-,8-6-,13-11-,14-12-,19-17-,20-18-,25-23-,26-24-,31-29-,37-35-. The van der Waals surface area contributed by atoms with Gasteiger partial charge in [-0.3, -0.25) is 13.8 Å². The van der Waals surface area contributed by atoms with Crippen molar-refractivity contribution in [2.24, 2.45) is 5.73 Å². The van der Waals surface area contributed by atoms with Crippen LogP contribution in [0.15, 0.2) is 122 Å². The van der Waals surface area contributed by atoms with Crippen LogP contribution in [0, 0.1) is 0 Å². The van der Waals surface area contributed by atoms with Gasteiger partial charge in [0.05, 0.1) is 19.8 Å². The van der Waals surface area contributed by atoms with Gasteiger partial charge in [0.25, 0.3) is 0 Å². The van der Waals surface area contributed by atoms with Crippen LogP contribution in [0.3, 0.4) is 0 Å². The van der Waals surface area contributed by atoms with Crippen molar-refractivity contribution in [3.63, 3.8) is 0 Å². The maximum absolute atomic E-state index is 12.7. The number of unbranched alkanes of at least 4 members (excludes halogenated alkanes) is 15. The number of hydrogen-bond acceptors (Lipinski definition) is 7. The molecule has 9 heteroatoms. The highest BCUT2D eigenvalue weighted by molar-refractivity contribution is 7.47. The summed E-state index contributed by atoms with van der Waals surface area (Å²) in [5.74, 6) is -0.347. The van der Waals surface area contributed by atoms with Crippen LogP contribution in [-0.2, 0) is 27.9 Å². The highest BCUT2D eigenvalue weighted by Crippen LogP contribution is 2.43. The van der Waals surface area contributed by atoms with Gasteiger partial charge >= 0.3 is 13.8 Å². The van der Waals surface area contributed by atoms with Crippen molar-refractivity contribution in [3.8, 4) is 0 Å². The van der Waals surface area contributed by atoms with Crippen molar-refractivity contribution in [1.82, 2.24) is 0 Å². The Kier molecular flexibility index (Phi) is 50.4. The van der Waals surface area contributed by atoms with E-state index in [-0.39, 0.29) is 32.3 Å². The smallest absolute Gasteiger partial charge is 0.457 e. The molecule has 0 aromatic heterocycles. The van der Waals surface area contributed by atoms with E-state index in [9.17, 15) is 14.3 Å². The second kappa shape index (κ2) is 52.9. The molecule has 8 nitrogen and oxygen atoms in total. The fourth-order valence-corrected chi connectivity index (χ4v) is 7.40. The molecule has 2 atom stereocenters. The van der Waals surface area contributed by atoms with Crippen molar-refractivity contribution in [3.05, 3.63) is 122 Å². The van der Waals surface area contributed by atoms with E-state index in [2.05, 4.69) is 135 Å². The SMILES string of the molecule is CC/C=C\C/C=C\C/C=C\C/C=C\C/C=C\C/C=C\CCCCCCCOCC(COP(=O)(O)OCCN)OC(=O)CCCCCCCCCCCC/C=C\C/C=C\C/C=C\C/C=C\CC. The summed E-state index contributed by atoms with van der Waals surface area (Å²) in [4.78, 5) is 22.6. The van der Waals surface area contributed by atoms with Crippen LogP contribution < -0.4 is 5.73 Å². The van der Waals surface area contributed by atoms with Crippen molar-refractivity contribution in [2.75, 3.05) is 33.0 Å². The Morgan fingerprint density at radius 3 is 1.20 bits per heavy atom. The van der Waals surface area contributed by atoms with Crippen LogP contribution in [0.25, 0.3) is 0 Å². The molecule has 0 saturated carbocycles. The van der Waals surface area contributed by atoms with Crippen LogP contribution in [0.5, 0.6) is 0 Å². The summed E-state index contributed by atoms with van der Waals surface area (Å²) in [6.45, 7) is 4.62. The van der Waals surface area contributed by atoms with Crippen LogP contribution in [0.2, 0.25) is 0 Å². The van der Waals surface area contributed by atoms with Crippen molar-refractivity contribution in [1.29, 1.82) is 0 Å². The summed E-state index contributed by atoms with van der Waals surface area (Å²) >= 11 is 0. The molecule has 0 fully saturated rings. The third-order valence-corrected chi connectivity index (χ3v) is 11.4. The lowest BCUT2D eigenvalue weighted by Gasteiger charge is -2.20. The molecule has 0 aliphatic heterocycles. The number of carbonyl (C=O) groups excluding carboxylic acids is 1. The number of phosphoric acid groups is 1. The number of esters is 1. The lowest BCUT2D eigenvalue weighted by molar-refractivity contribution is -0.154. The molecule has 0 saturated heterocycles. The van der Waals surface area contributed by atoms with Gasteiger partial charge < -0.3 is 20.1 Å². The van der Waals surface area contributed by atoms with Gasteiger partial charge in [-0.25, -0.2) is 4.57 Å². The molecule has 0 amide bonds. The number of ether oxygens (including phenoxy) is 2. The summed E-state index contributed by atoms with van der Waals surface area (Å²) in [6, 6.07) is 0. The Labute approximate surface area is 405 Å². The molecule has 0 aromatic carbocycles. The lowest BCUT2D eigenvalue weighted by Crippen LogP contribution is -2.28. The summed E-state index contributed by atoms with van der Waals surface area (Å²) in [6.07, 6.45) is 73.7. The van der Waals surface area contributed by atoms with Crippen molar-refractivity contribution >= 4 is 13.8 Å². The normalized spacial score (nSPS) is 14.3. The van der Waals surface area contributed by atoms with E-state index in [0.29, 0.717) is 13.0 Å². The Morgan fingerprint density at radius 1 is 0.455 bits per heavy atom. The van der Waals surface area contributed by atoms with Gasteiger partial charge in [0.15, 0.2) is 0 Å². The fourth-order valence-electron chi connectivity index (χ4n) is 6.64. The first kappa shape index (κ1) is 62.9. The predicted molar refractivity (Wildman–Crippen MR) is 284 cm³/mol. The molecule has 0 spiro atoms. The zero-order chi connectivity index (χ0) is 48.0. The van der Waals surface area contributed by atoms with Crippen LogP contribution in [0.1, 0.15) is 194 Å². The second-order valence-corrected chi connectivity index (χ2v) is 18.1. The van der Waals surface area contributed by atoms with Crippen LogP contribution in [-0.4, -0.2) is 49.9 Å². The quantitative estimate of drug-likeness (QED) is 0.0268. The molecule has 66 heavy (non-hydrogen) atoms. The zero-order valence-electron chi connectivity index (χ0n) is 41.9. The minimum Gasteiger partial charge on any atom is -0.457 e. The Balaban J connectivity index is 4.04. The van der Waals surface area contributed by atoms with Gasteiger partial charge in [-0.15, -0.1) is 0 Å². The molecule has 0 radical (unpaired) electrons. The van der Waals surface area contributed by atoms with Crippen molar-refractivity contribution in [2.45, 2.75) is 200 Å². The fraction of sp³-hybridized carbons (Fsp3) is 0.632. The first-order chi connectivity index (χ1) is 32.4. The molecule has 0 bridgehead atoms. The summed E-state index contributed by atoms with van der Waals surface area (Å²) in [7, 11) is -4.30. The Hall–Kier alpha value is -3.10. The summed E-state index contributed by atoms with van der Waals surface area (Å²) in [5, 5.41) is 0. The minimum atomic E-state index is -4.30. The second-order valence-electron chi connectivity index (χ2n) is 16.6. The average molecular weight is 938 g/mol. The van der Waals surface area contributed by atoms with Gasteiger partial charge in [0.2, 0.25) is 0 Å². The first-order valence-electron chi connectivity index (χ1n) is 26.0. The topological polar surface area (TPSA) is 117 Å². The number of hydrogen-bond donors (Lipinski definition) is 2. The third kappa shape index (κ3) is 51.9. The van der Waals surface area contributed by atoms with E-state index < -0.39 is 13.9 Å². The molecule has 0 aliphatic carbocycles. The molecule has 0 rings (SSSR count). The molecular formula is C57H96NO7P. The zero-order valence-corrected chi connectivity index (χ0v) is 42.8. The highest BCUT2D eigenvalue weighted by Gasteiger charge is 2.25. The van der Waals surface area contributed by atoms with E-state index in [1.165, 1.54) is 64.2 Å². The average Bonchev–Trinajstić information content (AvgIpc) is 3.31. The first-order valence-corrected chi connectivity index (χ1v) is 27.5. The van der Waals surface area contributed by atoms with Gasteiger partial charge in [0, 0.05) is 19.6 Å². The number of carbonyl (C=O) groups is 1. The molecule has 0 aliphatic rings. The van der Waals surface area contributed by atoms with E-state index in [4.69, 9.17) is 24.3 Å². The number of nitrogens with two attached hydrogens (primary N) is 1. The van der Waals surface area contributed by atoms with E-state index >= 15 is 0 Å². The summed E-state index contributed by atoms with van der Waals surface area (Å²) in [5.41, 5.74) is 5.39. The lowest BCUT2D eigenvalue weighted by atomic mass is 10.0. The molecule has 3 N–H and O–H groups in total.